The van der Waals surface area contributed by atoms with E-state index in [2.05, 4.69) is 38.2 Å². The molecule has 4 aliphatic carbocycles. The first-order valence-corrected chi connectivity index (χ1v) is 8.92. The van der Waals surface area contributed by atoms with Crippen LogP contribution in [-0.2, 0) is 4.79 Å². The van der Waals surface area contributed by atoms with E-state index in [9.17, 15) is 9.90 Å². The van der Waals surface area contributed by atoms with Gasteiger partial charge in [-0.25, -0.2) is 0 Å². The molecule has 22 heavy (non-hydrogen) atoms. The molecule has 0 saturated heterocycles. The molecule has 0 amide bonds. The maximum Gasteiger partial charge on any atom is 0.310 e. The van der Waals surface area contributed by atoms with Crippen molar-refractivity contribution in [3.05, 3.63) is 24.3 Å². The minimum Gasteiger partial charge on any atom is -0.481 e. The van der Waals surface area contributed by atoms with Crippen molar-refractivity contribution in [3.63, 3.8) is 0 Å². The van der Waals surface area contributed by atoms with E-state index >= 15 is 0 Å². The van der Waals surface area contributed by atoms with Crippen LogP contribution in [0, 0.1) is 39.9 Å². The summed E-state index contributed by atoms with van der Waals surface area (Å²) in [4.78, 5) is 12.0. The van der Waals surface area contributed by atoms with Gasteiger partial charge >= 0.3 is 5.97 Å². The van der Waals surface area contributed by atoms with E-state index in [0.717, 1.165) is 11.8 Å². The van der Waals surface area contributed by atoms with Gasteiger partial charge in [0.2, 0.25) is 0 Å². The standard InChI is InChI=1S/C20H28O2/c1-13-11-20-10-7-15-18(2,16(20)6-5-14(13)12-20)8-4-9-19(15,3)17(21)22/h4,7-8,10,13-16H,5-6,9,11-12H2,1-3H3,(H,21,22)/t13-,14-,15-,16-,18+,19?,20+/m1/s1. The summed E-state index contributed by atoms with van der Waals surface area (Å²) in [5.41, 5.74) is -0.299. The number of aliphatic carboxylic acids is 1. The molecule has 4 aliphatic rings. The Morgan fingerprint density at radius 1 is 1.18 bits per heavy atom. The fraction of sp³-hybridized carbons (Fsp3) is 0.750. The van der Waals surface area contributed by atoms with Crippen molar-refractivity contribution in [1.29, 1.82) is 0 Å². The summed E-state index contributed by atoms with van der Waals surface area (Å²) >= 11 is 0. The van der Waals surface area contributed by atoms with Gasteiger partial charge in [0.05, 0.1) is 5.41 Å². The first-order valence-electron chi connectivity index (χ1n) is 8.92. The molecule has 0 aromatic rings. The molecule has 0 aromatic heterocycles. The molecule has 0 aromatic carbocycles. The number of carboxylic acids is 1. The van der Waals surface area contributed by atoms with Crippen molar-refractivity contribution in [2.45, 2.75) is 52.9 Å². The highest BCUT2D eigenvalue weighted by Crippen LogP contribution is 2.68. The minimum absolute atomic E-state index is 0.00910. The molecule has 2 nitrogen and oxygen atoms in total. The van der Waals surface area contributed by atoms with E-state index in [0.29, 0.717) is 17.8 Å². The van der Waals surface area contributed by atoms with E-state index in [4.69, 9.17) is 0 Å². The second kappa shape index (κ2) is 4.27. The number of carbonyl (C=O) groups is 1. The van der Waals surface area contributed by atoms with E-state index < -0.39 is 11.4 Å². The Hall–Kier alpha value is -1.05. The van der Waals surface area contributed by atoms with Gasteiger partial charge in [0, 0.05) is 5.92 Å². The Morgan fingerprint density at radius 2 is 1.95 bits per heavy atom. The molecule has 1 N–H and O–H groups in total. The molecule has 2 bridgehead atoms. The number of allylic oxidation sites excluding steroid dienone is 4. The fourth-order valence-electron chi connectivity index (χ4n) is 6.80. The van der Waals surface area contributed by atoms with Crippen LogP contribution in [0.2, 0.25) is 0 Å². The molecule has 0 aliphatic heterocycles. The Bertz CT molecular complexity index is 572. The van der Waals surface area contributed by atoms with Crippen LogP contribution in [0.1, 0.15) is 52.9 Å². The highest BCUT2D eigenvalue weighted by molar-refractivity contribution is 5.76. The van der Waals surface area contributed by atoms with Crippen molar-refractivity contribution in [2.75, 3.05) is 0 Å². The van der Waals surface area contributed by atoms with Crippen molar-refractivity contribution < 1.29 is 9.90 Å². The number of hydrogen-bond donors (Lipinski definition) is 1. The zero-order chi connectivity index (χ0) is 15.8. The largest absolute Gasteiger partial charge is 0.481 e. The summed E-state index contributed by atoms with van der Waals surface area (Å²) in [6.45, 7) is 6.71. The topological polar surface area (TPSA) is 37.3 Å². The van der Waals surface area contributed by atoms with Crippen LogP contribution >= 0.6 is 0 Å². The number of fused-ring (bicyclic) bond motifs is 3. The predicted molar refractivity (Wildman–Crippen MR) is 87.3 cm³/mol. The predicted octanol–water partition coefficient (Wildman–Crippen LogP) is 4.67. The van der Waals surface area contributed by atoms with Crippen molar-refractivity contribution >= 4 is 5.97 Å². The molecule has 1 unspecified atom stereocenters. The molecule has 120 valence electrons. The van der Waals surface area contributed by atoms with Crippen LogP contribution in [-0.4, -0.2) is 11.1 Å². The smallest absolute Gasteiger partial charge is 0.310 e. The zero-order valence-corrected chi connectivity index (χ0v) is 14.0. The molecule has 0 heterocycles. The van der Waals surface area contributed by atoms with Crippen LogP contribution in [0.5, 0.6) is 0 Å². The number of hydrogen-bond acceptors (Lipinski definition) is 1. The molecule has 2 fully saturated rings. The van der Waals surface area contributed by atoms with Crippen LogP contribution in [0.3, 0.4) is 0 Å². The van der Waals surface area contributed by atoms with Gasteiger partial charge in [0.1, 0.15) is 0 Å². The quantitative estimate of drug-likeness (QED) is 0.714. The normalized spacial score (nSPS) is 55.6. The molecule has 2 heteroatoms. The zero-order valence-electron chi connectivity index (χ0n) is 14.0. The average molecular weight is 300 g/mol. The molecule has 2 saturated carbocycles. The van der Waals surface area contributed by atoms with Crippen molar-refractivity contribution in [3.8, 4) is 0 Å². The number of carboxylic acid groups (broad SMARTS) is 1. The lowest BCUT2D eigenvalue weighted by Crippen LogP contribution is -2.54. The monoisotopic (exact) mass is 300 g/mol. The van der Waals surface area contributed by atoms with Crippen molar-refractivity contribution in [1.82, 2.24) is 0 Å². The third kappa shape index (κ3) is 1.59. The van der Waals surface area contributed by atoms with E-state index in [1.807, 2.05) is 6.92 Å². The van der Waals surface area contributed by atoms with E-state index in [-0.39, 0.29) is 11.3 Å². The maximum absolute atomic E-state index is 12.0. The summed E-state index contributed by atoms with van der Waals surface area (Å²) in [6.07, 6.45) is 15.2. The Kier molecular flexibility index (Phi) is 2.82. The highest BCUT2D eigenvalue weighted by atomic mass is 16.4. The molecule has 7 atom stereocenters. The summed E-state index contributed by atoms with van der Waals surface area (Å²) in [7, 11) is 0. The highest BCUT2D eigenvalue weighted by Gasteiger charge is 2.62. The lowest BCUT2D eigenvalue weighted by molar-refractivity contribution is -0.155. The Balaban J connectivity index is 1.83. The van der Waals surface area contributed by atoms with Gasteiger partial charge in [-0.15, -0.1) is 0 Å². The van der Waals surface area contributed by atoms with Gasteiger partial charge in [-0.3, -0.25) is 4.79 Å². The van der Waals surface area contributed by atoms with Gasteiger partial charge in [-0.05, 0) is 67.6 Å². The van der Waals surface area contributed by atoms with E-state index in [1.165, 1.54) is 25.7 Å². The fourth-order valence-corrected chi connectivity index (χ4v) is 6.80. The second-order valence-corrected chi connectivity index (χ2v) is 9.04. The van der Waals surface area contributed by atoms with Crippen LogP contribution in [0.4, 0.5) is 0 Å². The van der Waals surface area contributed by atoms with Gasteiger partial charge < -0.3 is 5.11 Å². The van der Waals surface area contributed by atoms with E-state index in [1.54, 1.807) is 0 Å². The molecule has 4 rings (SSSR count). The molecular weight excluding hydrogens is 272 g/mol. The first kappa shape index (κ1) is 14.5. The number of rotatable bonds is 1. The average Bonchev–Trinajstić information content (AvgIpc) is 2.68. The molecule has 0 radical (unpaired) electrons. The lowest BCUT2D eigenvalue weighted by atomic mass is 9.45. The maximum atomic E-state index is 12.0. The van der Waals surface area contributed by atoms with Crippen LogP contribution in [0.25, 0.3) is 0 Å². The van der Waals surface area contributed by atoms with Gasteiger partial charge in [-0.2, -0.15) is 0 Å². The van der Waals surface area contributed by atoms with Gasteiger partial charge in [-0.1, -0.05) is 38.2 Å². The summed E-state index contributed by atoms with van der Waals surface area (Å²) < 4.78 is 0. The van der Waals surface area contributed by atoms with Crippen molar-refractivity contribution in [2.24, 2.45) is 39.9 Å². The van der Waals surface area contributed by atoms with Crippen LogP contribution in [0.15, 0.2) is 24.3 Å². The minimum atomic E-state index is -0.650. The van der Waals surface area contributed by atoms with Gasteiger partial charge in [0.15, 0.2) is 0 Å². The third-order valence-corrected chi connectivity index (χ3v) is 7.90. The summed E-state index contributed by atoms with van der Waals surface area (Å²) in [5, 5.41) is 9.85. The summed E-state index contributed by atoms with van der Waals surface area (Å²) in [5.74, 6) is 1.83. The summed E-state index contributed by atoms with van der Waals surface area (Å²) in [6, 6.07) is 0. The Labute approximate surface area is 133 Å². The van der Waals surface area contributed by atoms with Crippen LogP contribution < -0.4 is 0 Å². The first-order chi connectivity index (χ1) is 10.3. The lowest BCUT2D eigenvalue weighted by Gasteiger charge is -2.58. The molecule has 1 spiro atoms. The molecular formula is C20H28O2. The third-order valence-electron chi connectivity index (χ3n) is 7.90. The second-order valence-electron chi connectivity index (χ2n) is 9.04. The Morgan fingerprint density at radius 3 is 2.68 bits per heavy atom. The SMILES string of the molecule is C[C@@H]1C[C@]23C=C[C@H]4C(C)(C(=O)O)CC=C[C@]4(C)[C@H]2CC[C@@H]1C3. The van der Waals surface area contributed by atoms with Gasteiger partial charge in [0.25, 0.3) is 0 Å².